The van der Waals surface area contributed by atoms with Crippen LogP contribution in [0.25, 0.3) is 0 Å². The molecule has 2 aromatic rings. The van der Waals surface area contributed by atoms with Gasteiger partial charge in [-0.3, -0.25) is 0 Å². The molecule has 0 saturated carbocycles. The summed E-state index contributed by atoms with van der Waals surface area (Å²) in [6, 6.07) is 12.3. The van der Waals surface area contributed by atoms with E-state index >= 15 is 0 Å². The Hall–Kier alpha value is -1.80. The number of hydrogen-bond donors (Lipinski definition) is 1. The number of nitrogens with two attached hydrogens (primary N) is 1. The van der Waals surface area contributed by atoms with Crippen LogP contribution in [0.5, 0.6) is 5.75 Å². The fourth-order valence-corrected chi connectivity index (χ4v) is 2.32. The first-order valence-corrected chi connectivity index (χ1v) is 6.51. The van der Waals surface area contributed by atoms with Gasteiger partial charge in [0, 0.05) is 0 Å². The molecule has 100 valence electrons. The Morgan fingerprint density at radius 2 is 1.74 bits per heavy atom. The lowest BCUT2D eigenvalue weighted by Gasteiger charge is -2.18. The number of aryl methyl sites for hydroxylation is 2. The molecule has 2 aromatic carbocycles. The molecule has 0 spiro atoms. The van der Waals surface area contributed by atoms with Crippen LogP contribution < -0.4 is 10.5 Å². The molecule has 0 amide bonds. The highest BCUT2D eigenvalue weighted by Crippen LogP contribution is 2.28. The van der Waals surface area contributed by atoms with Crippen molar-refractivity contribution in [3.8, 4) is 5.75 Å². The molecule has 0 bridgehead atoms. The second-order valence-corrected chi connectivity index (χ2v) is 5.00. The average Bonchev–Trinajstić information content (AvgIpc) is 2.41. The zero-order valence-electron chi connectivity index (χ0n) is 12.0. The van der Waals surface area contributed by atoms with Gasteiger partial charge in [-0.2, -0.15) is 0 Å². The van der Waals surface area contributed by atoms with Gasteiger partial charge in [0.25, 0.3) is 0 Å². The van der Waals surface area contributed by atoms with Gasteiger partial charge >= 0.3 is 0 Å². The fourth-order valence-electron chi connectivity index (χ4n) is 2.32. The topological polar surface area (TPSA) is 35.2 Å². The Kier molecular flexibility index (Phi) is 3.91. The Morgan fingerprint density at radius 1 is 1.00 bits per heavy atom. The lowest BCUT2D eigenvalue weighted by molar-refractivity contribution is 0.411. The van der Waals surface area contributed by atoms with Gasteiger partial charge in [0.05, 0.1) is 13.2 Å². The minimum absolute atomic E-state index is 0.116. The van der Waals surface area contributed by atoms with Gasteiger partial charge in [-0.1, -0.05) is 30.3 Å². The third-order valence-corrected chi connectivity index (χ3v) is 3.77. The monoisotopic (exact) mass is 255 g/mol. The lowest BCUT2D eigenvalue weighted by atomic mass is 9.93. The van der Waals surface area contributed by atoms with Gasteiger partial charge in [-0.15, -0.1) is 0 Å². The van der Waals surface area contributed by atoms with Crippen LogP contribution in [0.15, 0.2) is 36.4 Å². The van der Waals surface area contributed by atoms with E-state index < -0.39 is 0 Å². The van der Waals surface area contributed by atoms with E-state index in [4.69, 9.17) is 10.5 Å². The highest BCUT2D eigenvalue weighted by Gasteiger charge is 2.13. The largest absolute Gasteiger partial charge is 0.496 e. The van der Waals surface area contributed by atoms with Gasteiger partial charge in [-0.25, -0.2) is 0 Å². The molecule has 0 saturated heterocycles. The van der Waals surface area contributed by atoms with Gasteiger partial charge in [0.1, 0.15) is 5.75 Å². The van der Waals surface area contributed by atoms with Crippen molar-refractivity contribution < 1.29 is 4.74 Å². The van der Waals surface area contributed by atoms with Gasteiger partial charge in [0.15, 0.2) is 0 Å². The Labute approximate surface area is 115 Å². The van der Waals surface area contributed by atoms with Crippen LogP contribution in [0.4, 0.5) is 0 Å². The molecule has 1 atom stereocenters. The smallest absolute Gasteiger partial charge is 0.122 e. The van der Waals surface area contributed by atoms with E-state index in [1.54, 1.807) is 7.11 Å². The minimum atomic E-state index is -0.116. The summed E-state index contributed by atoms with van der Waals surface area (Å²) in [6.45, 7) is 6.27. The molecule has 2 heteroatoms. The minimum Gasteiger partial charge on any atom is -0.496 e. The summed E-state index contributed by atoms with van der Waals surface area (Å²) >= 11 is 0. The van der Waals surface area contributed by atoms with E-state index in [1.165, 1.54) is 16.7 Å². The first-order valence-electron chi connectivity index (χ1n) is 6.51. The normalized spacial score (nSPS) is 12.3. The Balaban J connectivity index is 2.44. The molecule has 19 heavy (non-hydrogen) atoms. The molecule has 0 aliphatic rings. The summed E-state index contributed by atoms with van der Waals surface area (Å²) in [4.78, 5) is 0. The Bertz CT molecular complexity index is 590. The maximum absolute atomic E-state index is 6.40. The second kappa shape index (κ2) is 5.45. The van der Waals surface area contributed by atoms with Crippen LogP contribution in [-0.2, 0) is 0 Å². The molecule has 0 heterocycles. The van der Waals surface area contributed by atoms with E-state index in [-0.39, 0.29) is 6.04 Å². The van der Waals surface area contributed by atoms with E-state index in [1.807, 2.05) is 13.0 Å². The van der Waals surface area contributed by atoms with Crippen LogP contribution in [0, 0.1) is 20.8 Å². The molecule has 0 aromatic heterocycles. The quantitative estimate of drug-likeness (QED) is 0.908. The van der Waals surface area contributed by atoms with Crippen LogP contribution in [0.2, 0.25) is 0 Å². The van der Waals surface area contributed by atoms with Gasteiger partial charge in [-0.05, 0) is 54.7 Å². The fraction of sp³-hybridized carbons (Fsp3) is 0.294. The number of hydrogen-bond acceptors (Lipinski definition) is 2. The maximum atomic E-state index is 6.40. The summed E-state index contributed by atoms with van der Waals surface area (Å²) in [5, 5.41) is 0. The zero-order valence-corrected chi connectivity index (χ0v) is 12.0. The summed E-state index contributed by atoms with van der Waals surface area (Å²) in [6.07, 6.45) is 0. The van der Waals surface area contributed by atoms with Gasteiger partial charge < -0.3 is 10.5 Å². The summed E-state index contributed by atoms with van der Waals surface area (Å²) < 4.78 is 5.37. The first-order chi connectivity index (χ1) is 9.04. The SMILES string of the molecule is COc1cc(C(N)c2cccc(C)c2C)ccc1C. The van der Waals surface area contributed by atoms with Crippen LogP contribution in [0.1, 0.15) is 33.9 Å². The molecule has 0 fully saturated rings. The van der Waals surface area contributed by atoms with Crippen molar-refractivity contribution in [3.05, 3.63) is 64.2 Å². The molecule has 0 radical (unpaired) electrons. The van der Waals surface area contributed by atoms with Crippen molar-refractivity contribution >= 4 is 0 Å². The lowest BCUT2D eigenvalue weighted by Crippen LogP contribution is -2.14. The molecular weight excluding hydrogens is 234 g/mol. The predicted molar refractivity (Wildman–Crippen MR) is 79.7 cm³/mol. The third-order valence-electron chi connectivity index (χ3n) is 3.77. The van der Waals surface area contributed by atoms with Crippen molar-refractivity contribution in [2.24, 2.45) is 5.73 Å². The average molecular weight is 255 g/mol. The highest BCUT2D eigenvalue weighted by atomic mass is 16.5. The van der Waals surface area contributed by atoms with E-state index in [0.29, 0.717) is 0 Å². The number of ether oxygens (including phenoxy) is 1. The molecular formula is C17H21NO. The zero-order chi connectivity index (χ0) is 14.0. The van der Waals surface area contributed by atoms with Crippen molar-refractivity contribution in [1.82, 2.24) is 0 Å². The number of rotatable bonds is 3. The highest BCUT2D eigenvalue weighted by molar-refractivity contribution is 5.44. The van der Waals surface area contributed by atoms with E-state index in [2.05, 4.69) is 44.2 Å². The van der Waals surface area contributed by atoms with Crippen molar-refractivity contribution in [2.45, 2.75) is 26.8 Å². The van der Waals surface area contributed by atoms with E-state index in [0.717, 1.165) is 16.9 Å². The maximum Gasteiger partial charge on any atom is 0.122 e. The molecule has 2 rings (SSSR count). The number of benzene rings is 2. The Morgan fingerprint density at radius 3 is 2.42 bits per heavy atom. The molecule has 2 nitrogen and oxygen atoms in total. The second-order valence-electron chi connectivity index (χ2n) is 5.00. The molecule has 2 N–H and O–H groups in total. The third kappa shape index (κ3) is 2.64. The van der Waals surface area contributed by atoms with Crippen molar-refractivity contribution in [3.63, 3.8) is 0 Å². The van der Waals surface area contributed by atoms with Crippen LogP contribution in [0.3, 0.4) is 0 Å². The number of methoxy groups -OCH3 is 1. The van der Waals surface area contributed by atoms with Crippen LogP contribution in [-0.4, -0.2) is 7.11 Å². The van der Waals surface area contributed by atoms with Gasteiger partial charge in [0.2, 0.25) is 0 Å². The van der Waals surface area contributed by atoms with Crippen molar-refractivity contribution in [2.75, 3.05) is 7.11 Å². The summed E-state index contributed by atoms with van der Waals surface area (Å²) in [7, 11) is 1.69. The van der Waals surface area contributed by atoms with E-state index in [9.17, 15) is 0 Å². The summed E-state index contributed by atoms with van der Waals surface area (Å²) in [5.41, 5.74) is 12.3. The van der Waals surface area contributed by atoms with Crippen LogP contribution >= 0.6 is 0 Å². The molecule has 1 unspecified atom stereocenters. The standard InChI is InChI=1S/C17H21NO/c1-11-6-5-7-15(13(11)3)17(18)14-9-8-12(2)16(10-14)19-4/h5-10,17H,18H2,1-4H3. The summed E-state index contributed by atoms with van der Waals surface area (Å²) in [5.74, 6) is 0.887. The first kappa shape index (κ1) is 13.6. The predicted octanol–water partition coefficient (Wildman–Crippen LogP) is 3.67. The molecule has 0 aliphatic carbocycles. The van der Waals surface area contributed by atoms with Crippen molar-refractivity contribution in [1.29, 1.82) is 0 Å². The molecule has 0 aliphatic heterocycles.